The maximum Gasteiger partial charge on any atom is 0.255 e. The van der Waals surface area contributed by atoms with Gasteiger partial charge in [-0.25, -0.2) is 0 Å². The number of carbonyl (C=O) groups excluding carboxylic acids is 2. The van der Waals surface area contributed by atoms with Crippen LogP contribution in [0.15, 0.2) is 35.1 Å². The van der Waals surface area contributed by atoms with E-state index in [4.69, 9.17) is 0 Å². The standard InChI is InChI=1S/C15H15N3O3/c1-9-14(20)16-6-7-18(9)15(21)11-8-13(19)17-12-5-3-2-4-10(11)12/h2-5,8-9H,6-7H2,1H3,(H,16,20)(H,17,19). The second kappa shape index (κ2) is 5.05. The van der Waals surface area contributed by atoms with Crippen LogP contribution < -0.4 is 10.9 Å². The number of amides is 2. The third-order valence-electron chi connectivity index (χ3n) is 3.74. The summed E-state index contributed by atoms with van der Waals surface area (Å²) in [7, 11) is 0. The van der Waals surface area contributed by atoms with Crippen LogP contribution in [0.1, 0.15) is 17.3 Å². The van der Waals surface area contributed by atoms with E-state index in [0.717, 1.165) is 0 Å². The number of nitrogens with one attached hydrogen (secondary N) is 2. The molecule has 2 aromatic rings. The molecule has 2 amide bonds. The number of fused-ring (bicyclic) bond motifs is 1. The average molecular weight is 285 g/mol. The number of hydrogen-bond acceptors (Lipinski definition) is 3. The molecule has 0 spiro atoms. The Hall–Kier alpha value is -2.63. The van der Waals surface area contributed by atoms with Gasteiger partial charge in [-0.2, -0.15) is 0 Å². The molecule has 108 valence electrons. The van der Waals surface area contributed by atoms with E-state index in [1.165, 1.54) is 11.0 Å². The molecule has 1 aliphatic heterocycles. The Balaban J connectivity index is 2.09. The molecule has 2 heterocycles. The summed E-state index contributed by atoms with van der Waals surface area (Å²) in [6.45, 7) is 2.55. The van der Waals surface area contributed by atoms with Gasteiger partial charge < -0.3 is 15.2 Å². The molecule has 1 aromatic carbocycles. The number of hydrogen-bond donors (Lipinski definition) is 2. The largest absolute Gasteiger partial charge is 0.353 e. The van der Waals surface area contributed by atoms with E-state index in [-0.39, 0.29) is 17.4 Å². The maximum atomic E-state index is 12.7. The molecule has 1 aromatic heterocycles. The number of benzene rings is 1. The summed E-state index contributed by atoms with van der Waals surface area (Å²) in [5, 5.41) is 3.40. The highest BCUT2D eigenvalue weighted by atomic mass is 16.2. The van der Waals surface area contributed by atoms with Gasteiger partial charge in [-0.05, 0) is 13.0 Å². The van der Waals surface area contributed by atoms with Crippen LogP contribution in [0.3, 0.4) is 0 Å². The number of nitrogens with zero attached hydrogens (tertiary/aromatic N) is 1. The number of aromatic nitrogens is 1. The van der Waals surface area contributed by atoms with Crippen LogP contribution in [-0.2, 0) is 4.79 Å². The monoisotopic (exact) mass is 285 g/mol. The van der Waals surface area contributed by atoms with Crippen LogP contribution in [-0.4, -0.2) is 40.8 Å². The highest BCUT2D eigenvalue weighted by Crippen LogP contribution is 2.18. The number of aromatic amines is 1. The number of piperazine rings is 1. The molecule has 0 aliphatic carbocycles. The summed E-state index contributed by atoms with van der Waals surface area (Å²) < 4.78 is 0. The Bertz CT molecular complexity index is 781. The molecule has 1 fully saturated rings. The van der Waals surface area contributed by atoms with Crippen molar-refractivity contribution in [1.29, 1.82) is 0 Å². The van der Waals surface area contributed by atoms with Crippen molar-refractivity contribution < 1.29 is 9.59 Å². The Morgan fingerprint density at radius 3 is 2.86 bits per heavy atom. The molecular weight excluding hydrogens is 270 g/mol. The van der Waals surface area contributed by atoms with Crippen LogP contribution in [0.5, 0.6) is 0 Å². The lowest BCUT2D eigenvalue weighted by Crippen LogP contribution is -2.55. The van der Waals surface area contributed by atoms with E-state index in [1.807, 2.05) is 6.07 Å². The second-order valence-electron chi connectivity index (χ2n) is 5.06. The van der Waals surface area contributed by atoms with Crippen molar-refractivity contribution in [1.82, 2.24) is 15.2 Å². The Morgan fingerprint density at radius 2 is 2.05 bits per heavy atom. The van der Waals surface area contributed by atoms with E-state index in [2.05, 4.69) is 10.3 Å². The third kappa shape index (κ3) is 2.29. The molecule has 6 heteroatoms. The molecule has 1 aliphatic rings. The molecule has 1 atom stereocenters. The first-order valence-electron chi connectivity index (χ1n) is 6.78. The highest BCUT2D eigenvalue weighted by molar-refractivity contribution is 6.07. The molecule has 1 unspecified atom stereocenters. The average Bonchev–Trinajstić information content (AvgIpc) is 2.48. The predicted octanol–water partition coefficient (Wildman–Crippen LogP) is 0.489. The molecular formula is C15H15N3O3. The van der Waals surface area contributed by atoms with Gasteiger partial charge >= 0.3 is 0 Å². The molecule has 0 saturated carbocycles. The zero-order chi connectivity index (χ0) is 15.0. The summed E-state index contributed by atoms with van der Waals surface area (Å²) in [6.07, 6.45) is 0. The van der Waals surface area contributed by atoms with Gasteiger partial charge in [-0.3, -0.25) is 14.4 Å². The lowest BCUT2D eigenvalue weighted by atomic mass is 10.1. The summed E-state index contributed by atoms with van der Waals surface area (Å²) in [5.74, 6) is -0.469. The Morgan fingerprint density at radius 1 is 1.29 bits per heavy atom. The van der Waals surface area contributed by atoms with Crippen molar-refractivity contribution in [2.75, 3.05) is 13.1 Å². The SMILES string of the molecule is CC1C(=O)NCCN1C(=O)c1cc(=O)[nH]c2ccccc12. The second-order valence-corrected chi connectivity index (χ2v) is 5.06. The number of para-hydroxylation sites is 1. The van der Waals surface area contributed by atoms with Gasteiger partial charge in [-0.1, -0.05) is 18.2 Å². The quantitative estimate of drug-likeness (QED) is 0.800. The minimum atomic E-state index is -0.538. The number of H-pyrrole nitrogens is 1. The fraction of sp³-hybridized carbons (Fsp3) is 0.267. The van der Waals surface area contributed by atoms with Gasteiger partial charge in [0.05, 0.1) is 5.56 Å². The van der Waals surface area contributed by atoms with E-state index < -0.39 is 6.04 Å². The van der Waals surface area contributed by atoms with E-state index in [1.54, 1.807) is 25.1 Å². The van der Waals surface area contributed by atoms with Gasteiger partial charge in [0, 0.05) is 30.1 Å². The zero-order valence-corrected chi connectivity index (χ0v) is 11.6. The molecule has 0 radical (unpaired) electrons. The minimum Gasteiger partial charge on any atom is -0.353 e. The minimum absolute atomic E-state index is 0.177. The van der Waals surface area contributed by atoms with E-state index in [0.29, 0.717) is 29.6 Å². The Kier molecular flexibility index (Phi) is 3.21. The summed E-state index contributed by atoms with van der Waals surface area (Å²) in [4.78, 5) is 40.3. The zero-order valence-electron chi connectivity index (χ0n) is 11.6. The lowest BCUT2D eigenvalue weighted by molar-refractivity contribution is -0.127. The first kappa shape index (κ1) is 13.4. The normalized spacial score (nSPS) is 18.6. The van der Waals surface area contributed by atoms with Gasteiger partial charge in [0.25, 0.3) is 5.91 Å². The van der Waals surface area contributed by atoms with Crippen molar-refractivity contribution >= 4 is 22.7 Å². The van der Waals surface area contributed by atoms with Crippen LogP contribution in [0.4, 0.5) is 0 Å². The highest BCUT2D eigenvalue weighted by Gasteiger charge is 2.30. The van der Waals surface area contributed by atoms with Crippen molar-refractivity contribution in [2.24, 2.45) is 0 Å². The van der Waals surface area contributed by atoms with Crippen molar-refractivity contribution in [3.8, 4) is 0 Å². The molecule has 2 N–H and O–H groups in total. The van der Waals surface area contributed by atoms with Crippen LogP contribution in [0.2, 0.25) is 0 Å². The van der Waals surface area contributed by atoms with E-state index >= 15 is 0 Å². The third-order valence-corrected chi connectivity index (χ3v) is 3.74. The predicted molar refractivity (Wildman–Crippen MR) is 78.1 cm³/mol. The number of rotatable bonds is 1. The lowest BCUT2D eigenvalue weighted by Gasteiger charge is -2.33. The molecule has 1 saturated heterocycles. The molecule has 21 heavy (non-hydrogen) atoms. The summed E-state index contributed by atoms with van der Waals surface area (Å²) >= 11 is 0. The first-order valence-corrected chi connectivity index (χ1v) is 6.78. The Labute approximate surface area is 120 Å². The van der Waals surface area contributed by atoms with E-state index in [9.17, 15) is 14.4 Å². The van der Waals surface area contributed by atoms with Crippen LogP contribution in [0, 0.1) is 0 Å². The van der Waals surface area contributed by atoms with Crippen LogP contribution in [0.25, 0.3) is 10.9 Å². The fourth-order valence-electron chi connectivity index (χ4n) is 2.60. The van der Waals surface area contributed by atoms with Gasteiger partial charge in [0.15, 0.2) is 0 Å². The maximum absolute atomic E-state index is 12.7. The van der Waals surface area contributed by atoms with Gasteiger partial charge in [0.2, 0.25) is 11.5 Å². The van der Waals surface area contributed by atoms with Crippen molar-refractivity contribution in [2.45, 2.75) is 13.0 Å². The fourth-order valence-corrected chi connectivity index (χ4v) is 2.60. The first-order chi connectivity index (χ1) is 10.1. The molecule has 0 bridgehead atoms. The molecule has 3 rings (SSSR count). The summed E-state index contributed by atoms with van der Waals surface area (Å²) in [5.41, 5.74) is 0.615. The number of pyridine rings is 1. The summed E-state index contributed by atoms with van der Waals surface area (Å²) in [6, 6.07) is 7.90. The van der Waals surface area contributed by atoms with Gasteiger partial charge in [-0.15, -0.1) is 0 Å². The topological polar surface area (TPSA) is 82.3 Å². The van der Waals surface area contributed by atoms with Crippen molar-refractivity contribution in [3.05, 3.63) is 46.2 Å². The van der Waals surface area contributed by atoms with Gasteiger partial charge in [0.1, 0.15) is 6.04 Å². The smallest absolute Gasteiger partial charge is 0.255 e. The van der Waals surface area contributed by atoms with Crippen LogP contribution >= 0.6 is 0 Å². The van der Waals surface area contributed by atoms with Crippen molar-refractivity contribution in [3.63, 3.8) is 0 Å². The number of carbonyl (C=O) groups is 2. The molecule has 6 nitrogen and oxygen atoms in total.